The van der Waals surface area contributed by atoms with Crippen molar-refractivity contribution >= 4 is 11.8 Å². The molecule has 142 valence electrons. The maximum atomic E-state index is 12.3. The van der Waals surface area contributed by atoms with Gasteiger partial charge in [0, 0.05) is 5.56 Å². The summed E-state index contributed by atoms with van der Waals surface area (Å²) in [5.74, 6) is 0.304. The molecule has 1 heterocycles. The Kier molecular flexibility index (Phi) is 6.82. The maximum absolute atomic E-state index is 12.3. The first-order valence-electron chi connectivity index (χ1n) is 9.30. The van der Waals surface area contributed by atoms with Crippen molar-refractivity contribution in [1.82, 2.24) is 10.2 Å². The third-order valence-electron chi connectivity index (χ3n) is 4.67. The first kappa shape index (κ1) is 18.9. The van der Waals surface area contributed by atoms with E-state index in [1.54, 1.807) is 12.1 Å². The lowest BCUT2D eigenvalue weighted by Crippen LogP contribution is -3.13. The number of hydrogen-bond acceptors (Lipinski definition) is 3. The van der Waals surface area contributed by atoms with E-state index in [2.05, 4.69) is 29.6 Å². The number of rotatable bonds is 7. The number of nitrogens with zero attached hydrogens (tertiary/aromatic N) is 1. The van der Waals surface area contributed by atoms with Crippen LogP contribution in [-0.4, -0.2) is 56.0 Å². The number of carbonyl (C=O) groups is 2. The molecular formula is C21H26N3O3+. The van der Waals surface area contributed by atoms with E-state index in [1.807, 2.05) is 29.2 Å². The Morgan fingerprint density at radius 2 is 1.59 bits per heavy atom. The molecule has 2 aromatic rings. The van der Waals surface area contributed by atoms with Crippen LogP contribution in [0.4, 0.5) is 0 Å². The first-order valence-corrected chi connectivity index (χ1v) is 9.30. The zero-order valence-electron chi connectivity index (χ0n) is 15.4. The van der Waals surface area contributed by atoms with E-state index >= 15 is 0 Å². The summed E-state index contributed by atoms with van der Waals surface area (Å²) in [5.41, 5.74) is 1.32. The Labute approximate surface area is 159 Å². The van der Waals surface area contributed by atoms with Crippen molar-refractivity contribution in [3.63, 3.8) is 0 Å². The zero-order valence-corrected chi connectivity index (χ0v) is 15.4. The van der Waals surface area contributed by atoms with Gasteiger partial charge in [0.1, 0.15) is 12.3 Å². The van der Waals surface area contributed by atoms with Gasteiger partial charge in [0.25, 0.3) is 5.91 Å². The third-order valence-corrected chi connectivity index (χ3v) is 4.67. The molecule has 3 rings (SSSR count). The molecule has 1 aliphatic heterocycles. The molecule has 0 saturated carbocycles. The molecule has 1 aliphatic rings. The van der Waals surface area contributed by atoms with Gasteiger partial charge in [-0.05, 0) is 12.1 Å². The van der Waals surface area contributed by atoms with Gasteiger partial charge in [0.15, 0.2) is 6.61 Å². The highest BCUT2D eigenvalue weighted by Gasteiger charge is 2.23. The molecule has 0 bridgehead atoms. The van der Waals surface area contributed by atoms with E-state index in [0.717, 1.165) is 32.7 Å². The minimum atomic E-state index is -0.291. The number of nitrogens with one attached hydrogen (secondary N) is 2. The highest BCUT2D eigenvalue weighted by Crippen LogP contribution is 2.07. The Bertz CT molecular complexity index is 729. The van der Waals surface area contributed by atoms with Gasteiger partial charge in [0.2, 0.25) is 5.91 Å². The first-order chi connectivity index (χ1) is 13.2. The van der Waals surface area contributed by atoms with Gasteiger partial charge >= 0.3 is 0 Å². The number of quaternary nitrogens is 1. The van der Waals surface area contributed by atoms with Gasteiger partial charge in [-0.25, -0.2) is 0 Å². The van der Waals surface area contributed by atoms with E-state index in [4.69, 9.17) is 4.74 Å². The Morgan fingerprint density at radius 1 is 0.963 bits per heavy atom. The van der Waals surface area contributed by atoms with Crippen LogP contribution in [0.15, 0.2) is 60.7 Å². The van der Waals surface area contributed by atoms with Crippen LogP contribution in [0.5, 0.6) is 5.75 Å². The van der Waals surface area contributed by atoms with Gasteiger partial charge in [-0.1, -0.05) is 48.5 Å². The molecule has 6 nitrogen and oxygen atoms in total. The number of hydrogen-bond donors (Lipinski definition) is 2. The monoisotopic (exact) mass is 368 g/mol. The highest BCUT2D eigenvalue weighted by atomic mass is 16.5. The van der Waals surface area contributed by atoms with Crippen LogP contribution in [0, 0.1) is 0 Å². The molecule has 1 fully saturated rings. The maximum Gasteiger partial charge on any atom is 0.258 e. The average Bonchev–Trinajstić information content (AvgIpc) is 2.72. The standard InChI is InChI=1S/C21H25N3O3/c25-20(17-27-19-9-5-2-6-10-19)22-15-21(26)24-13-11-23(12-14-24)16-18-7-3-1-4-8-18/h1-10H,11-17H2,(H,22,25)/p+1. The van der Waals surface area contributed by atoms with Crippen LogP contribution < -0.4 is 15.0 Å². The number of amides is 2. The van der Waals surface area contributed by atoms with Crippen molar-refractivity contribution in [2.24, 2.45) is 0 Å². The third kappa shape index (κ3) is 6.11. The van der Waals surface area contributed by atoms with E-state index in [-0.39, 0.29) is 25.0 Å². The fourth-order valence-corrected chi connectivity index (χ4v) is 3.14. The fourth-order valence-electron chi connectivity index (χ4n) is 3.14. The molecule has 6 heteroatoms. The second-order valence-corrected chi connectivity index (χ2v) is 6.67. The Balaban J connectivity index is 1.34. The molecule has 1 saturated heterocycles. The molecule has 27 heavy (non-hydrogen) atoms. The second kappa shape index (κ2) is 9.73. The average molecular weight is 368 g/mol. The van der Waals surface area contributed by atoms with Crippen LogP contribution in [0.3, 0.4) is 0 Å². The van der Waals surface area contributed by atoms with Gasteiger partial charge in [-0.3, -0.25) is 9.59 Å². The molecule has 2 aromatic carbocycles. The molecule has 0 radical (unpaired) electrons. The van der Waals surface area contributed by atoms with Gasteiger partial charge in [-0.15, -0.1) is 0 Å². The zero-order chi connectivity index (χ0) is 18.9. The summed E-state index contributed by atoms with van der Waals surface area (Å²) < 4.78 is 5.38. The van der Waals surface area contributed by atoms with Gasteiger partial charge < -0.3 is 19.9 Å². The summed E-state index contributed by atoms with van der Waals surface area (Å²) in [4.78, 5) is 27.5. The van der Waals surface area contributed by atoms with Crippen LogP contribution in [0.25, 0.3) is 0 Å². The van der Waals surface area contributed by atoms with Crippen LogP contribution in [0.1, 0.15) is 5.56 Å². The molecule has 0 spiro atoms. The molecular weight excluding hydrogens is 342 g/mol. The highest BCUT2D eigenvalue weighted by molar-refractivity contribution is 5.85. The number of carbonyl (C=O) groups excluding carboxylic acids is 2. The lowest BCUT2D eigenvalue weighted by Gasteiger charge is -2.32. The quantitative estimate of drug-likeness (QED) is 0.729. The SMILES string of the molecule is O=C(COc1ccccc1)NCC(=O)N1CC[NH+](Cc2ccccc2)CC1. The Hall–Kier alpha value is -2.86. The molecule has 0 unspecified atom stereocenters. The lowest BCUT2D eigenvalue weighted by molar-refractivity contribution is -0.917. The summed E-state index contributed by atoms with van der Waals surface area (Å²) >= 11 is 0. The van der Waals surface area contributed by atoms with E-state index in [0.29, 0.717) is 5.75 Å². The van der Waals surface area contributed by atoms with Gasteiger partial charge in [0.05, 0.1) is 32.7 Å². The van der Waals surface area contributed by atoms with E-state index in [1.165, 1.54) is 10.5 Å². The van der Waals surface area contributed by atoms with Crippen molar-refractivity contribution in [3.05, 3.63) is 66.2 Å². The topological polar surface area (TPSA) is 63.1 Å². The van der Waals surface area contributed by atoms with Crippen molar-refractivity contribution in [2.75, 3.05) is 39.3 Å². The second-order valence-electron chi connectivity index (χ2n) is 6.67. The summed E-state index contributed by atoms with van der Waals surface area (Å²) in [7, 11) is 0. The predicted octanol–water partition coefficient (Wildman–Crippen LogP) is 0.109. The number of ether oxygens (including phenoxy) is 1. The van der Waals surface area contributed by atoms with Crippen molar-refractivity contribution in [1.29, 1.82) is 0 Å². The Morgan fingerprint density at radius 3 is 2.26 bits per heavy atom. The largest absolute Gasteiger partial charge is 0.484 e. The van der Waals surface area contributed by atoms with Crippen LogP contribution in [-0.2, 0) is 16.1 Å². The minimum Gasteiger partial charge on any atom is -0.484 e. The minimum absolute atomic E-state index is 0.0189. The smallest absolute Gasteiger partial charge is 0.258 e. The van der Waals surface area contributed by atoms with Crippen molar-refractivity contribution in [2.45, 2.75) is 6.54 Å². The van der Waals surface area contributed by atoms with Gasteiger partial charge in [-0.2, -0.15) is 0 Å². The van der Waals surface area contributed by atoms with Crippen LogP contribution >= 0.6 is 0 Å². The fraction of sp³-hybridized carbons (Fsp3) is 0.333. The van der Waals surface area contributed by atoms with Crippen molar-refractivity contribution in [3.8, 4) is 5.75 Å². The summed E-state index contributed by atoms with van der Waals surface area (Å²) in [5, 5.41) is 2.64. The molecule has 2 amide bonds. The number of piperazine rings is 1. The normalized spacial score (nSPS) is 14.6. The van der Waals surface area contributed by atoms with E-state index < -0.39 is 0 Å². The molecule has 0 aromatic heterocycles. The molecule has 0 aliphatic carbocycles. The molecule has 2 N–H and O–H groups in total. The number of benzene rings is 2. The van der Waals surface area contributed by atoms with E-state index in [9.17, 15) is 9.59 Å². The van der Waals surface area contributed by atoms with Crippen LogP contribution in [0.2, 0.25) is 0 Å². The predicted molar refractivity (Wildman–Crippen MR) is 102 cm³/mol. The summed E-state index contributed by atoms with van der Waals surface area (Å²) in [6.07, 6.45) is 0. The molecule has 0 atom stereocenters. The van der Waals surface area contributed by atoms with Crippen molar-refractivity contribution < 1.29 is 19.2 Å². The lowest BCUT2D eigenvalue weighted by atomic mass is 10.2. The summed E-state index contributed by atoms with van der Waals surface area (Å²) in [6.45, 7) is 4.19. The number of para-hydroxylation sites is 1. The summed E-state index contributed by atoms with van der Waals surface area (Å²) in [6, 6.07) is 19.5.